The summed E-state index contributed by atoms with van der Waals surface area (Å²) in [6.07, 6.45) is 3.45. The number of ether oxygens (including phenoxy) is 1. The Balaban J connectivity index is 1.93. The average Bonchev–Trinajstić information content (AvgIpc) is 2.78. The first-order valence-corrected chi connectivity index (χ1v) is 5.83. The van der Waals surface area contributed by atoms with Crippen LogP contribution in [0.4, 0.5) is 10.2 Å². The molecule has 4 nitrogen and oxygen atoms in total. The van der Waals surface area contributed by atoms with Crippen LogP contribution in [-0.4, -0.2) is 37.3 Å². The third-order valence-corrected chi connectivity index (χ3v) is 3.09. The van der Waals surface area contributed by atoms with Crippen LogP contribution in [0, 0.1) is 5.82 Å². The van der Waals surface area contributed by atoms with Gasteiger partial charge in [-0.05, 0) is 31.5 Å². The number of aromatic nitrogens is 1. The van der Waals surface area contributed by atoms with E-state index in [9.17, 15) is 4.39 Å². The van der Waals surface area contributed by atoms with E-state index in [2.05, 4.69) is 15.6 Å². The summed E-state index contributed by atoms with van der Waals surface area (Å²) in [7, 11) is 1.71. The van der Waals surface area contributed by atoms with Crippen LogP contribution in [0.15, 0.2) is 18.3 Å². The van der Waals surface area contributed by atoms with E-state index in [0.29, 0.717) is 12.4 Å². The van der Waals surface area contributed by atoms with Crippen LogP contribution in [0.1, 0.15) is 12.8 Å². The first kappa shape index (κ1) is 12.3. The lowest BCUT2D eigenvalue weighted by Crippen LogP contribution is -2.49. The van der Waals surface area contributed by atoms with E-state index >= 15 is 0 Å². The van der Waals surface area contributed by atoms with Crippen molar-refractivity contribution in [3.05, 3.63) is 24.1 Å². The summed E-state index contributed by atoms with van der Waals surface area (Å²) in [6.45, 7) is 2.42. The lowest BCUT2D eigenvalue weighted by Gasteiger charge is -2.29. The highest BCUT2D eigenvalue weighted by Gasteiger charge is 2.33. The van der Waals surface area contributed by atoms with Gasteiger partial charge in [0.2, 0.25) is 0 Å². The molecule has 0 saturated carbocycles. The maximum absolute atomic E-state index is 12.7. The van der Waals surface area contributed by atoms with Gasteiger partial charge in [0.1, 0.15) is 11.6 Å². The van der Waals surface area contributed by atoms with Gasteiger partial charge in [-0.25, -0.2) is 9.37 Å². The molecule has 5 heteroatoms. The van der Waals surface area contributed by atoms with Crippen molar-refractivity contribution in [2.45, 2.75) is 18.4 Å². The Hall–Kier alpha value is -1.20. The molecule has 2 heterocycles. The minimum atomic E-state index is -0.318. The zero-order chi connectivity index (χ0) is 12.1. The van der Waals surface area contributed by atoms with Crippen LogP contribution in [0.3, 0.4) is 0 Å². The molecule has 0 bridgehead atoms. The Morgan fingerprint density at radius 1 is 1.59 bits per heavy atom. The fourth-order valence-electron chi connectivity index (χ4n) is 2.21. The van der Waals surface area contributed by atoms with Crippen LogP contribution in [0.2, 0.25) is 0 Å². The highest BCUT2D eigenvalue weighted by atomic mass is 19.1. The molecule has 0 aliphatic carbocycles. The smallest absolute Gasteiger partial charge is 0.141 e. The number of methoxy groups -OCH3 is 1. The molecule has 1 aromatic heterocycles. The van der Waals surface area contributed by atoms with Crippen molar-refractivity contribution in [2.75, 3.05) is 32.1 Å². The van der Waals surface area contributed by atoms with Crippen LogP contribution in [-0.2, 0) is 4.74 Å². The predicted molar refractivity (Wildman–Crippen MR) is 64.5 cm³/mol. The second-order valence-corrected chi connectivity index (χ2v) is 4.46. The average molecular weight is 239 g/mol. The number of hydrogen-bond acceptors (Lipinski definition) is 4. The molecule has 1 aromatic rings. The molecule has 1 atom stereocenters. The number of anilines is 1. The summed E-state index contributed by atoms with van der Waals surface area (Å²) in [5.74, 6) is 0.372. The molecule has 0 spiro atoms. The maximum Gasteiger partial charge on any atom is 0.141 e. The summed E-state index contributed by atoms with van der Waals surface area (Å²) in [6, 6.07) is 3.05. The third kappa shape index (κ3) is 3.14. The molecule has 1 aliphatic rings. The normalized spacial score (nSPS) is 23.9. The van der Waals surface area contributed by atoms with Gasteiger partial charge in [0.05, 0.1) is 18.3 Å². The second kappa shape index (κ2) is 5.42. The van der Waals surface area contributed by atoms with Gasteiger partial charge in [-0.3, -0.25) is 0 Å². The van der Waals surface area contributed by atoms with E-state index in [0.717, 1.165) is 25.9 Å². The first-order valence-electron chi connectivity index (χ1n) is 5.83. The molecule has 1 fully saturated rings. The SMILES string of the molecule is COCC1(CNc2ccc(F)cn2)CCCN1. The summed E-state index contributed by atoms with van der Waals surface area (Å²) in [5, 5.41) is 6.68. The largest absolute Gasteiger partial charge is 0.383 e. The fraction of sp³-hybridized carbons (Fsp3) is 0.583. The maximum atomic E-state index is 12.7. The zero-order valence-electron chi connectivity index (χ0n) is 10.0. The van der Waals surface area contributed by atoms with E-state index in [1.54, 1.807) is 13.2 Å². The van der Waals surface area contributed by atoms with Crippen LogP contribution < -0.4 is 10.6 Å². The molecule has 2 N–H and O–H groups in total. The van der Waals surface area contributed by atoms with Crippen molar-refractivity contribution in [1.82, 2.24) is 10.3 Å². The van der Waals surface area contributed by atoms with Crippen molar-refractivity contribution in [3.8, 4) is 0 Å². The lowest BCUT2D eigenvalue weighted by atomic mass is 9.99. The molecule has 1 saturated heterocycles. The highest BCUT2D eigenvalue weighted by molar-refractivity contribution is 5.34. The van der Waals surface area contributed by atoms with Gasteiger partial charge in [-0.15, -0.1) is 0 Å². The van der Waals surface area contributed by atoms with E-state index in [1.165, 1.54) is 12.3 Å². The van der Waals surface area contributed by atoms with Crippen LogP contribution in [0.5, 0.6) is 0 Å². The van der Waals surface area contributed by atoms with Crippen molar-refractivity contribution in [1.29, 1.82) is 0 Å². The molecule has 1 unspecified atom stereocenters. The summed E-state index contributed by atoms with van der Waals surface area (Å²) in [4.78, 5) is 3.98. The van der Waals surface area contributed by atoms with Crippen molar-refractivity contribution in [3.63, 3.8) is 0 Å². The molecule has 1 aliphatic heterocycles. The van der Waals surface area contributed by atoms with Gasteiger partial charge in [0.25, 0.3) is 0 Å². The van der Waals surface area contributed by atoms with Crippen molar-refractivity contribution in [2.24, 2.45) is 0 Å². The van der Waals surface area contributed by atoms with Crippen molar-refractivity contribution < 1.29 is 9.13 Å². The number of rotatable bonds is 5. The summed E-state index contributed by atoms with van der Waals surface area (Å²) in [5.41, 5.74) is -0.0230. The van der Waals surface area contributed by atoms with Gasteiger partial charge in [-0.1, -0.05) is 0 Å². The van der Waals surface area contributed by atoms with E-state index < -0.39 is 0 Å². The third-order valence-electron chi connectivity index (χ3n) is 3.09. The highest BCUT2D eigenvalue weighted by Crippen LogP contribution is 2.20. The van der Waals surface area contributed by atoms with Gasteiger partial charge in [0, 0.05) is 13.7 Å². The quantitative estimate of drug-likeness (QED) is 0.815. The topological polar surface area (TPSA) is 46.2 Å². The Morgan fingerprint density at radius 3 is 3.06 bits per heavy atom. The number of pyridine rings is 1. The lowest BCUT2D eigenvalue weighted by molar-refractivity contribution is 0.127. The van der Waals surface area contributed by atoms with Crippen LogP contribution in [0.25, 0.3) is 0 Å². The Bertz CT molecular complexity index is 349. The van der Waals surface area contributed by atoms with Crippen molar-refractivity contribution >= 4 is 5.82 Å². The molecule has 0 aromatic carbocycles. The minimum absolute atomic E-state index is 0.0230. The van der Waals surface area contributed by atoms with E-state index in [-0.39, 0.29) is 11.4 Å². The van der Waals surface area contributed by atoms with Crippen LogP contribution >= 0.6 is 0 Å². The molecule has 17 heavy (non-hydrogen) atoms. The van der Waals surface area contributed by atoms with E-state index in [4.69, 9.17) is 4.74 Å². The summed E-state index contributed by atoms with van der Waals surface area (Å²) < 4.78 is 18.0. The Kier molecular flexibility index (Phi) is 3.91. The Labute approximate surface area is 101 Å². The number of nitrogens with one attached hydrogen (secondary N) is 2. The zero-order valence-corrected chi connectivity index (χ0v) is 10.0. The molecule has 94 valence electrons. The number of hydrogen-bond donors (Lipinski definition) is 2. The van der Waals surface area contributed by atoms with Gasteiger partial charge >= 0.3 is 0 Å². The van der Waals surface area contributed by atoms with Gasteiger partial charge < -0.3 is 15.4 Å². The van der Waals surface area contributed by atoms with Gasteiger partial charge in [0.15, 0.2) is 0 Å². The fourth-order valence-corrected chi connectivity index (χ4v) is 2.21. The number of nitrogens with zero attached hydrogens (tertiary/aromatic N) is 1. The first-order chi connectivity index (χ1) is 8.24. The molecule has 0 radical (unpaired) electrons. The van der Waals surface area contributed by atoms with Gasteiger partial charge in [-0.2, -0.15) is 0 Å². The molecule has 0 amide bonds. The standard InChI is InChI=1S/C12H18FN3O/c1-17-9-12(5-2-6-16-12)8-15-11-4-3-10(13)7-14-11/h3-4,7,16H,2,5-6,8-9H2,1H3,(H,14,15). The molecular weight excluding hydrogens is 221 g/mol. The predicted octanol–water partition coefficient (Wildman–Crippen LogP) is 1.40. The number of halogens is 1. The second-order valence-electron chi connectivity index (χ2n) is 4.46. The summed E-state index contributed by atoms with van der Waals surface area (Å²) >= 11 is 0. The minimum Gasteiger partial charge on any atom is -0.383 e. The monoisotopic (exact) mass is 239 g/mol. The van der Waals surface area contributed by atoms with E-state index in [1.807, 2.05) is 0 Å². The Morgan fingerprint density at radius 2 is 2.47 bits per heavy atom. The molecular formula is C12H18FN3O. The molecule has 2 rings (SSSR count).